The molecule has 0 aromatic heterocycles. The van der Waals surface area contributed by atoms with Gasteiger partial charge in [0.05, 0.1) is 13.0 Å². The van der Waals surface area contributed by atoms with Gasteiger partial charge in [-0.25, -0.2) is 4.79 Å². The van der Waals surface area contributed by atoms with Gasteiger partial charge in [-0.3, -0.25) is 4.79 Å². The Hall–Kier alpha value is -1.51. The molecular weight excluding hydrogens is 317 g/mol. The molecule has 9 heteroatoms. The third-order valence-corrected chi connectivity index (χ3v) is 3.01. The molecule has 1 aliphatic heterocycles. The second kappa shape index (κ2) is 7.85. The molecule has 0 spiro atoms. The van der Waals surface area contributed by atoms with E-state index in [0.717, 1.165) is 0 Å². The SMILES string of the molecule is CC(C)(C)OC(=O)N1CCN(C(=O)CCOCC(F)(F)F)CC1. The summed E-state index contributed by atoms with van der Waals surface area (Å²) >= 11 is 0. The quantitative estimate of drug-likeness (QED) is 0.735. The molecule has 23 heavy (non-hydrogen) atoms. The zero-order valence-electron chi connectivity index (χ0n) is 13.6. The maximum atomic E-state index is 11.9. The van der Waals surface area contributed by atoms with Crippen molar-refractivity contribution in [3.05, 3.63) is 0 Å². The highest BCUT2D eigenvalue weighted by molar-refractivity contribution is 5.77. The van der Waals surface area contributed by atoms with Gasteiger partial charge in [0, 0.05) is 26.2 Å². The predicted molar refractivity (Wildman–Crippen MR) is 75.9 cm³/mol. The van der Waals surface area contributed by atoms with E-state index in [1.54, 1.807) is 20.8 Å². The van der Waals surface area contributed by atoms with Gasteiger partial charge in [-0.1, -0.05) is 0 Å². The molecule has 0 aliphatic carbocycles. The molecule has 0 radical (unpaired) electrons. The highest BCUT2D eigenvalue weighted by atomic mass is 19.4. The van der Waals surface area contributed by atoms with Crippen LogP contribution in [0.2, 0.25) is 0 Å². The smallest absolute Gasteiger partial charge is 0.411 e. The number of carbonyl (C=O) groups is 2. The van der Waals surface area contributed by atoms with Gasteiger partial charge in [0.1, 0.15) is 12.2 Å². The van der Waals surface area contributed by atoms with Crippen LogP contribution in [-0.2, 0) is 14.3 Å². The maximum absolute atomic E-state index is 11.9. The Kier molecular flexibility index (Phi) is 6.67. The van der Waals surface area contributed by atoms with Gasteiger partial charge >= 0.3 is 12.3 Å². The first-order valence-corrected chi connectivity index (χ1v) is 7.38. The van der Waals surface area contributed by atoms with E-state index in [1.807, 2.05) is 0 Å². The van der Waals surface area contributed by atoms with E-state index in [1.165, 1.54) is 9.80 Å². The van der Waals surface area contributed by atoms with Crippen LogP contribution >= 0.6 is 0 Å². The van der Waals surface area contributed by atoms with Gasteiger partial charge in [0.25, 0.3) is 0 Å². The van der Waals surface area contributed by atoms with Crippen LogP contribution in [0.3, 0.4) is 0 Å². The summed E-state index contributed by atoms with van der Waals surface area (Å²) in [7, 11) is 0. The zero-order chi connectivity index (χ0) is 17.7. The number of nitrogens with zero attached hydrogens (tertiary/aromatic N) is 2. The van der Waals surface area contributed by atoms with E-state index in [2.05, 4.69) is 4.74 Å². The second-order valence-corrected chi connectivity index (χ2v) is 6.27. The fraction of sp³-hybridized carbons (Fsp3) is 0.857. The van der Waals surface area contributed by atoms with Gasteiger partial charge in [-0.15, -0.1) is 0 Å². The van der Waals surface area contributed by atoms with Gasteiger partial charge < -0.3 is 19.3 Å². The summed E-state index contributed by atoms with van der Waals surface area (Å²) in [5, 5.41) is 0. The van der Waals surface area contributed by atoms with Crippen LogP contribution in [0.5, 0.6) is 0 Å². The Morgan fingerprint density at radius 1 is 1.00 bits per heavy atom. The second-order valence-electron chi connectivity index (χ2n) is 6.27. The molecule has 0 aromatic rings. The normalized spacial score (nSPS) is 16.4. The van der Waals surface area contributed by atoms with Gasteiger partial charge in [0.2, 0.25) is 5.91 Å². The highest BCUT2D eigenvalue weighted by Crippen LogP contribution is 2.15. The van der Waals surface area contributed by atoms with E-state index in [9.17, 15) is 22.8 Å². The fourth-order valence-corrected chi connectivity index (χ4v) is 1.97. The van der Waals surface area contributed by atoms with Crippen molar-refractivity contribution in [1.82, 2.24) is 9.80 Å². The standard InChI is InChI=1S/C14H23F3N2O4/c1-13(2,3)23-12(21)19-7-5-18(6-8-19)11(20)4-9-22-10-14(15,16)17/h4-10H2,1-3H3. The lowest BCUT2D eigenvalue weighted by atomic mass is 10.2. The number of alkyl halides is 3. The largest absolute Gasteiger partial charge is 0.444 e. The molecule has 0 saturated carbocycles. The van der Waals surface area contributed by atoms with E-state index >= 15 is 0 Å². The lowest BCUT2D eigenvalue weighted by Gasteiger charge is -2.35. The Morgan fingerprint density at radius 3 is 2.00 bits per heavy atom. The number of carbonyl (C=O) groups excluding carboxylic acids is 2. The highest BCUT2D eigenvalue weighted by Gasteiger charge is 2.29. The number of piperazine rings is 1. The van der Waals surface area contributed by atoms with Crippen LogP contribution in [0, 0.1) is 0 Å². The van der Waals surface area contributed by atoms with Crippen molar-refractivity contribution in [2.45, 2.75) is 39.0 Å². The van der Waals surface area contributed by atoms with Crippen LogP contribution in [-0.4, -0.2) is 73.0 Å². The summed E-state index contributed by atoms with van der Waals surface area (Å²) in [6.07, 6.45) is -4.93. The van der Waals surface area contributed by atoms with Crippen molar-refractivity contribution < 1.29 is 32.2 Å². The lowest BCUT2D eigenvalue weighted by Crippen LogP contribution is -2.51. The van der Waals surface area contributed by atoms with Crippen LogP contribution in [0.15, 0.2) is 0 Å². The third kappa shape index (κ3) is 8.06. The van der Waals surface area contributed by atoms with E-state index in [4.69, 9.17) is 4.74 Å². The zero-order valence-corrected chi connectivity index (χ0v) is 13.6. The van der Waals surface area contributed by atoms with Crippen molar-refractivity contribution >= 4 is 12.0 Å². The Balaban J connectivity index is 2.27. The molecule has 1 saturated heterocycles. The van der Waals surface area contributed by atoms with Gasteiger partial charge in [0.15, 0.2) is 0 Å². The number of amides is 2. The average molecular weight is 340 g/mol. The molecule has 6 nitrogen and oxygen atoms in total. The first kappa shape index (κ1) is 19.5. The van der Waals surface area contributed by atoms with Crippen LogP contribution < -0.4 is 0 Å². The number of hydrogen-bond donors (Lipinski definition) is 0. The lowest BCUT2D eigenvalue weighted by molar-refractivity contribution is -0.175. The fourth-order valence-electron chi connectivity index (χ4n) is 1.97. The minimum Gasteiger partial charge on any atom is -0.444 e. The van der Waals surface area contributed by atoms with Crippen molar-refractivity contribution in [2.24, 2.45) is 0 Å². The monoisotopic (exact) mass is 340 g/mol. The van der Waals surface area contributed by atoms with Crippen molar-refractivity contribution in [2.75, 3.05) is 39.4 Å². The number of rotatable bonds is 4. The van der Waals surface area contributed by atoms with Crippen LogP contribution in [0.4, 0.5) is 18.0 Å². The molecule has 0 atom stereocenters. The summed E-state index contributed by atoms with van der Waals surface area (Å²) in [5.74, 6) is -0.281. The molecule has 0 bridgehead atoms. The number of ether oxygens (including phenoxy) is 2. The maximum Gasteiger partial charge on any atom is 0.411 e. The first-order valence-electron chi connectivity index (χ1n) is 7.38. The molecule has 0 aromatic carbocycles. The minimum atomic E-state index is -4.39. The Bertz CT molecular complexity index is 413. The topological polar surface area (TPSA) is 59.1 Å². The summed E-state index contributed by atoms with van der Waals surface area (Å²) in [5.41, 5.74) is -0.583. The van der Waals surface area contributed by atoms with Crippen molar-refractivity contribution in [3.8, 4) is 0 Å². The molecule has 1 aliphatic rings. The molecule has 1 rings (SSSR count). The number of halogens is 3. The van der Waals surface area contributed by atoms with Gasteiger partial charge in [-0.2, -0.15) is 13.2 Å². The van der Waals surface area contributed by atoms with Gasteiger partial charge in [-0.05, 0) is 20.8 Å². The Labute approximate surface area is 133 Å². The summed E-state index contributed by atoms with van der Waals surface area (Å²) in [4.78, 5) is 26.7. The summed E-state index contributed by atoms with van der Waals surface area (Å²) in [6.45, 7) is 5.02. The van der Waals surface area contributed by atoms with E-state index in [-0.39, 0.29) is 18.9 Å². The molecule has 2 amide bonds. The number of hydrogen-bond acceptors (Lipinski definition) is 4. The van der Waals surface area contributed by atoms with Crippen LogP contribution in [0.1, 0.15) is 27.2 Å². The van der Waals surface area contributed by atoms with Crippen molar-refractivity contribution in [3.63, 3.8) is 0 Å². The molecule has 0 unspecified atom stereocenters. The Morgan fingerprint density at radius 2 is 1.52 bits per heavy atom. The average Bonchev–Trinajstić information content (AvgIpc) is 2.40. The predicted octanol–water partition coefficient (Wildman–Crippen LogP) is 2.03. The third-order valence-electron chi connectivity index (χ3n) is 3.01. The molecule has 1 fully saturated rings. The molecule has 0 N–H and O–H groups in total. The summed E-state index contributed by atoms with van der Waals surface area (Å²) < 4.78 is 45.4. The minimum absolute atomic E-state index is 0.109. The van der Waals surface area contributed by atoms with E-state index in [0.29, 0.717) is 26.2 Å². The first-order chi connectivity index (χ1) is 10.5. The van der Waals surface area contributed by atoms with E-state index < -0.39 is 24.5 Å². The summed E-state index contributed by atoms with van der Waals surface area (Å²) in [6, 6.07) is 0. The molecule has 134 valence electrons. The van der Waals surface area contributed by atoms with Crippen LogP contribution in [0.25, 0.3) is 0 Å². The molecular formula is C14H23F3N2O4. The van der Waals surface area contributed by atoms with Crippen molar-refractivity contribution in [1.29, 1.82) is 0 Å². The molecule has 1 heterocycles.